The highest BCUT2D eigenvalue weighted by atomic mass is 35.5. The number of anilines is 1. The van der Waals surface area contributed by atoms with Crippen molar-refractivity contribution in [1.82, 2.24) is 5.32 Å². The lowest BCUT2D eigenvalue weighted by Gasteiger charge is -2.24. The highest BCUT2D eigenvalue weighted by Crippen LogP contribution is 2.24. The van der Waals surface area contributed by atoms with Crippen molar-refractivity contribution in [3.05, 3.63) is 64.7 Å². The first-order valence-electron chi connectivity index (χ1n) is 8.04. The number of hydrazone groups is 1. The SMILES string of the molecule is Cc1ccccc1N1N=C(C(=O)NCc2ccccc2Cl)CCC1=O. The van der Waals surface area contributed by atoms with Crippen LogP contribution in [0, 0.1) is 6.92 Å². The molecule has 25 heavy (non-hydrogen) atoms. The lowest BCUT2D eigenvalue weighted by atomic mass is 10.1. The van der Waals surface area contributed by atoms with Crippen molar-refractivity contribution < 1.29 is 9.59 Å². The largest absolute Gasteiger partial charge is 0.347 e. The number of nitrogens with zero attached hydrogens (tertiary/aromatic N) is 2. The molecule has 6 heteroatoms. The molecule has 128 valence electrons. The third-order valence-corrected chi connectivity index (χ3v) is 4.40. The number of hydrogen-bond acceptors (Lipinski definition) is 3. The van der Waals surface area contributed by atoms with Gasteiger partial charge in [-0.2, -0.15) is 5.10 Å². The Morgan fingerprint density at radius 3 is 2.64 bits per heavy atom. The molecule has 0 unspecified atom stereocenters. The van der Waals surface area contributed by atoms with Gasteiger partial charge in [-0.25, -0.2) is 5.01 Å². The minimum absolute atomic E-state index is 0.114. The third-order valence-electron chi connectivity index (χ3n) is 4.04. The number of halogens is 1. The van der Waals surface area contributed by atoms with Gasteiger partial charge >= 0.3 is 0 Å². The molecule has 0 atom stereocenters. The fourth-order valence-electron chi connectivity index (χ4n) is 2.63. The van der Waals surface area contributed by atoms with Gasteiger partial charge in [-0.1, -0.05) is 48.0 Å². The summed E-state index contributed by atoms with van der Waals surface area (Å²) in [6.07, 6.45) is 0.586. The number of benzene rings is 2. The summed E-state index contributed by atoms with van der Waals surface area (Å²) in [5.74, 6) is -0.400. The smallest absolute Gasteiger partial charge is 0.267 e. The van der Waals surface area contributed by atoms with Crippen LogP contribution in [0.4, 0.5) is 5.69 Å². The van der Waals surface area contributed by atoms with Crippen LogP contribution in [0.1, 0.15) is 24.0 Å². The number of hydrogen-bond donors (Lipinski definition) is 1. The van der Waals surface area contributed by atoms with E-state index in [1.54, 1.807) is 6.07 Å². The summed E-state index contributed by atoms with van der Waals surface area (Å²) < 4.78 is 0. The Bertz CT molecular complexity index is 848. The molecule has 1 aliphatic heterocycles. The molecular formula is C19H18ClN3O2. The van der Waals surface area contributed by atoms with Crippen LogP contribution in [-0.4, -0.2) is 17.5 Å². The van der Waals surface area contributed by atoms with Crippen LogP contribution < -0.4 is 10.3 Å². The van der Waals surface area contributed by atoms with E-state index in [0.717, 1.165) is 11.1 Å². The number of rotatable bonds is 4. The zero-order valence-corrected chi connectivity index (χ0v) is 14.6. The second-order valence-electron chi connectivity index (χ2n) is 5.81. The van der Waals surface area contributed by atoms with Gasteiger partial charge in [0.1, 0.15) is 5.71 Å². The fraction of sp³-hybridized carbons (Fsp3) is 0.211. The number of aryl methyl sites for hydroxylation is 1. The number of para-hydroxylation sites is 1. The Morgan fingerprint density at radius 1 is 1.16 bits per heavy atom. The minimum atomic E-state index is -0.286. The zero-order chi connectivity index (χ0) is 17.8. The Balaban J connectivity index is 1.76. The molecule has 0 radical (unpaired) electrons. The maximum atomic E-state index is 12.4. The number of carbonyl (C=O) groups excluding carboxylic acids is 2. The highest BCUT2D eigenvalue weighted by Gasteiger charge is 2.26. The molecule has 5 nitrogen and oxygen atoms in total. The first-order chi connectivity index (χ1) is 12.1. The predicted octanol–water partition coefficient (Wildman–Crippen LogP) is 3.45. The number of amides is 2. The molecule has 1 heterocycles. The van der Waals surface area contributed by atoms with Gasteiger partial charge in [0, 0.05) is 24.4 Å². The monoisotopic (exact) mass is 355 g/mol. The second kappa shape index (κ2) is 7.49. The maximum absolute atomic E-state index is 12.4. The molecule has 2 amide bonds. The van der Waals surface area contributed by atoms with Crippen LogP contribution in [0.25, 0.3) is 0 Å². The molecule has 1 N–H and O–H groups in total. The van der Waals surface area contributed by atoms with Crippen molar-refractivity contribution >= 4 is 34.8 Å². The van der Waals surface area contributed by atoms with Crippen molar-refractivity contribution in [2.24, 2.45) is 5.10 Å². The predicted molar refractivity (Wildman–Crippen MR) is 98.6 cm³/mol. The molecule has 0 aromatic heterocycles. The molecule has 3 rings (SSSR count). The molecule has 0 fully saturated rings. The Labute approximate surface area is 151 Å². The Kier molecular flexibility index (Phi) is 5.14. The normalized spacial score (nSPS) is 14.2. The summed E-state index contributed by atoms with van der Waals surface area (Å²) in [4.78, 5) is 24.6. The van der Waals surface area contributed by atoms with Crippen molar-refractivity contribution in [3.8, 4) is 0 Å². The average Bonchev–Trinajstić information content (AvgIpc) is 2.62. The van der Waals surface area contributed by atoms with Crippen LogP contribution in [-0.2, 0) is 16.1 Å². The second-order valence-corrected chi connectivity index (χ2v) is 6.22. The molecule has 2 aromatic carbocycles. The van der Waals surface area contributed by atoms with E-state index >= 15 is 0 Å². The Hall–Kier alpha value is -2.66. The van der Waals surface area contributed by atoms with E-state index in [1.165, 1.54) is 5.01 Å². The Morgan fingerprint density at radius 2 is 1.88 bits per heavy atom. The average molecular weight is 356 g/mol. The number of nitrogens with one attached hydrogen (secondary N) is 1. The minimum Gasteiger partial charge on any atom is -0.347 e. The van der Waals surface area contributed by atoms with Gasteiger partial charge in [0.25, 0.3) is 5.91 Å². The topological polar surface area (TPSA) is 61.8 Å². The molecular weight excluding hydrogens is 338 g/mol. The molecule has 0 bridgehead atoms. The van der Waals surface area contributed by atoms with Crippen molar-refractivity contribution in [3.63, 3.8) is 0 Å². The van der Waals surface area contributed by atoms with E-state index in [-0.39, 0.29) is 18.2 Å². The van der Waals surface area contributed by atoms with Crippen LogP contribution >= 0.6 is 11.6 Å². The summed E-state index contributed by atoms with van der Waals surface area (Å²) >= 11 is 6.10. The molecule has 0 saturated heterocycles. The van der Waals surface area contributed by atoms with Crippen molar-refractivity contribution in [2.75, 3.05) is 5.01 Å². The number of carbonyl (C=O) groups is 2. The van der Waals surface area contributed by atoms with E-state index in [4.69, 9.17) is 11.6 Å². The van der Waals surface area contributed by atoms with Gasteiger partial charge in [0.05, 0.1) is 5.69 Å². The lowest BCUT2D eigenvalue weighted by molar-refractivity contribution is -0.119. The first kappa shape index (κ1) is 17.2. The molecule has 0 aliphatic carbocycles. The summed E-state index contributed by atoms with van der Waals surface area (Å²) in [7, 11) is 0. The van der Waals surface area contributed by atoms with Gasteiger partial charge in [0.15, 0.2) is 0 Å². The molecule has 0 saturated carbocycles. The van der Waals surface area contributed by atoms with E-state index in [1.807, 2.05) is 49.4 Å². The van der Waals surface area contributed by atoms with Crippen molar-refractivity contribution in [2.45, 2.75) is 26.3 Å². The lowest BCUT2D eigenvalue weighted by Crippen LogP contribution is -2.39. The summed E-state index contributed by atoms with van der Waals surface area (Å²) in [6, 6.07) is 14.8. The molecule has 1 aliphatic rings. The van der Waals surface area contributed by atoms with Crippen LogP contribution in [0.15, 0.2) is 53.6 Å². The zero-order valence-electron chi connectivity index (χ0n) is 13.8. The van der Waals surface area contributed by atoms with Crippen LogP contribution in [0.5, 0.6) is 0 Å². The standard InChI is InChI=1S/C19H18ClN3O2/c1-13-6-2-5-9-17(13)23-18(24)11-10-16(22-23)19(25)21-12-14-7-3-4-8-15(14)20/h2-9H,10-12H2,1H3,(H,21,25). The van der Waals surface area contributed by atoms with Gasteiger partial charge < -0.3 is 5.32 Å². The first-order valence-corrected chi connectivity index (χ1v) is 8.41. The highest BCUT2D eigenvalue weighted by molar-refractivity contribution is 6.40. The van der Waals surface area contributed by atoms with Gasteiger partial charge in [0.2, 0.25) is 5.91 Å². The van der Waals surface area contributed by atoms with Crippen LogP contribution in [0.2, 0.25) is 5.02 Å². The van der Waals surface area contributed by atoms with E-state index < -0.39 is 0 Å². The molecule has 0 spiro atoms. The quantitative estimate of drug-likeness (QED) is 0.913. The van der Waals surface area contributed by atoms with Crippen molar-refractivity contribution in [1.29, 1.82) is 0 Å². The maximum Gasteiger partial charge on any atom is 0.267 e. The van der Waals surface area contributed by atoms with E-state index in [2.05, 4.69) is 10.4 Å². The fourth-order valence-corrected chi connectivity index (χ4v) is 2.83. The van der Waals surface area contributed by atoms with E-state index in [0.29, 0.717) is 29.4 Å². The van der Waals surface area contributed by atoms with Crippen LogP contribution in [0.3, 0.4) is 0 Å². The molecule has 2 aromatic rings. The summed E-state index contributed by atoms with van der Waals surface area (Å²) in [6.45, 7) is 2.22. The van der Waals surface area contributed by atoms with Gasteiger partial charge in [-0.05, 0) is 30.2 Å². The summed E-state index contributed by atoms with van der Waals surface area (Å²) in [5.41, 5.74) is 2.80. The van der Waals surface area contributed by atoms with E-state index in [9.17, 15) is 9.59 Å². The third kappa shape index (κ3) is 3.88. The summed E-state index contributed by atoms with van der Waals surface area (Å²) in [5, 5.41) is 9.03. The van der Waals surface area contributed by atoms with Gasteiger partial charge in [-0.3, -0.25) is 9.59 Å². The van der Waals surface area contributed by atoms with Gasteiger partial charge in [-0.15, -0.1) is 0 Å².